The predicted octanol–water partition coefficient (Wildman–Crippen LogP) is 3.10. The lowest BCUT2D eigenvalue weighted by atomic mass is 9.96. The van der Waals surface area contributed by atoms with Crippen LogP contribution in [0.5, 0.6) is 0 Å². The summed E-state index contributed by atoms with van der Waals surface area (Å²) in [4.78, 5) is 9.54. The predicted molar refractivity (Wildman–Crippen MR) is 86.4 cm³/mol. The second kappa shape index (κ2) is 7.95. The van der Waals surface area contributed by atoms with Crippen molar-refractivity contribution in [2.24, 2.45) is 5.92 Å². The van der Waals surface area contributed by atoms with Crippen LogP contribution in [0.25, 0.3) is 0 Å². The molecule has 0 saturated carbocycles. The van der Waals surface area contributed by atoms with Gasteiger partial charge in [-0.25, -0.2) is 4.98 Å². The van der Waals surface area contributed by atoms with Gasteiger partial charge in [-0.1, -0.05) is 20.8 Å². The zero-order valence-corrected chi connectivity index (χ0v) is 14.2. The quantitative estimate of drug-likeness (QED) is 0.773. The SMILES string of the molecule is CCc1nc(C)c(CN2CCC(CN(CC)CC)CC2)o1. The molecule has 0 unspecified atom stereocenters. The molecular formula is C17H31N3O. The molecule has 1 aliphatic heterocycles. The Hall–Kier alpha value is -0.870. The van der Waals surface area contributed by atoms with Crippen molar-refractivity contribution in [3.05, 3.63) is 17.3 Å². The first-order chi connectivity index (χ1) is 10.2. The highest BCUT2D eigenvalue weighted by molar-refractivity contribution is 5.08. The smallest absolute Gasteiger partial charge is 0.194 e. The summed E-state index contributed by atoms with van der Waals surface area (Å²) in [6.07, 6.45) is 3.50. The third-order valence-electron chi connectivity index (χ3n) is 4.72. The lowest BCUT2D eigenvalue weighted by Gasteiger charge is -2.34. The van der Waals surface area contributed by atoms with Crippen molar-refractivity contribution in [3.63, 3.8) is 0 Å². The van der Waals surface area contributed by atoms with Crippen LogP contribution in [0.15, 0.2) is 4.42 Å². The molecule has 1 aromatic rings. The fraction of sp³-hybridized carbons (Fsp3) is 0.824. The van der Waals surface area contributed by atoms with E-state index in [1.165, 1.54) is 45.6 Å². The maximum atomic E-state index is 5.83. The standard InChI is InChI=1S/C17H31N3O/c1-5-17-18-14(4)16(21-17)13-20-10-8-15(9-11-20)12-19(6-2)7-3/h15H,5-13H2,1-4H3. The van der Waals surface area contributed by atoms with Crippen LogP contribution < -0.4 is 0 Å². The molecule has 2 heterocycles. The van der Waals surface area contributed by atoms with Gasteiger partial charge in [-0.15, -0.1) is 0 Å². The first-order valence-electron chi connectivity index (χ1n) is 8.56. The Morgan fingerprint density at radius 2 is 1.86 bits per heavy atom. The van der Waals surface area contributed by atoms with E-state index in [4.69, 9.17) is 4.42 Å². The van der Waals surface area contributed by atoms with Gasteiger partial charge < -0.3 is 9.32 Å². The van der Waals surface area contributed by atoms with Gasteiger partial charge in [0.15, 0.2) is 5.89 Å². The minimum Gasteiger partial charge on any atom is -0.444 e. The normalized spacial score (nSPS) is 17.8. The molecule has 2 rings (SSSR count). The third kappa shape index (κ3) is 4.55. The van der Waals surface area contributed by atoms with Crippen molar-refractivity contribution in [2.45, 2.75) is 53.5 Å². The van der Waals surface area contributed by atoms with Crippen molar-refractivity contribution in [2.75, 3.05) is 32.7 Å². The lowest BCUT2D eigenvalue weighted by molar-refractivity contribution is 0.136. The molecule has 1 saturated heterocycles. The Morgan fingerprint density at radius 1 is 1.19 bits per heavy atom. The van der Waals surface area contributed by atoms with Crippen molar-refractivity contribution in [1.82, 2.24) is 14.8 Å². The van der Waals surface area contributed by atoms with E-state index in [1.807, 2.05) is 0 Å². The molecule has 21 heavy (non-hydrogen) atoms. The van der Waals surface area contributed by atoms with Gasteiger partial charge in [-0.2, -0.15) is 0 Å². The van der Waals surface area contributed by atoms with E-state index < -0.39 is 0 Å². The summed E-state index contributed by atoms with van der Waals surface area (Å²) >= 11 is 0. The van der Waals surface area contributed by atoms with E-state index in [0.29, 0.717) is 0 Å². The first kappa shape index (κ1) is 16.5. The summed E-state index contributed by atoms with van der Waals surface area (Å²) in [5, 5.41) is 0. The minimum atomic E-state index is 0.864. The molecule has 4 nitrogen and oxygen atoms in total. The average Bonchev–Trinajstić information content (AvgIpc) is 2.87. The van der Waals surface area contributed by atoms with E-state index in [9.17, 15) is 0 Å². The van der Waals surface area contributed by atoms with Crippen LogP contribution in [-0.2, 0) is 13.0 Å². The van der Waals surface area contributed by atoms with E-state index in [2.05, 4.69) is 42.5 Å². The molecule has 0 atom stereocenters. The monoisotopic (exact) mass is 293 g/mol. The maximum absolute atomic E-state index is 5.83. The average molecular weight is 293 g/mol. The van der Waals surface area contributed by atoms with Crippen molar-refractivity contribution in [3.8, 4) is 0 Å². The van der Waals surface area contributed by atoms with Crippen molar-refractivity contribution in [1.29, 1.82) is 0 Å². The molecule has 4 heteroatoms. The van der Waals surface area contributed by atoms with E-state index in [1.54, 1.807) is 0 Å². The zero-order chi connectivity index (χ0) is 15.2. The largest absolute Gasteiger partial charge is 0.444 e. The van der Waals surface area contributed by atoms with Crippen LogP contribution in [-0.4, -0.2) is 47.5 Å². The molecule has 0 spiro atoms. The molecule has 1 aliphatic rings. The zero-order valence-electron chi connectivity index (χ0n) is 14.2. The molecular weight excluding hydrogens is 262 g/mol. The van der Waals surface area contributed by atoms with Crippen LogP contribution in [0.2, 0.25) is 0 Å². The van der Waals surface area contributed by atoms with Crippen molar-refractivity contribution < 1.29 is 4.42 Å². The number of aryl methyl sites for hydroxylation is 2. The van der Waals surface area contributed by atoms with Crippen molar-refractivity contribution >= 4 is 0 Å². The molecule has 0 amide bonds. The molecule has 0 radical (unpaired) electrons. The van der Waals surface area contributed by atoms with Gasteiger partial charge in [0.05, 0.1) is 12.2 Å². The molecule has 0 N–H and O–H groups in total. The second-order valence-electron chi connectivity index (χ2n) is 6.18. The highest BCUT2D eigenvalue weighted by Gasteiger charge is 2.22. The molecule has 0 aromatic carbocycles. The van der Waals surface area contributed by atoms with E-state index in [0.717, 1.165) is 36.2 Å². The number of rotatable bonds is 7. The second-order valence-corrected chi connectivity index (χ2v) is 6.18. The Bertz CT molecular complexity index is 418. The van der Waals surface area contributed by atoms with Crippen LogP contribution in [0.4, 0.5) is 0 Å². The summed E-state index contributed by atoms with van der Waals surface area (Å²) in [7, 11) is 0. The van der Waals surface area contributed by atoms with Gasteiger partial charge in [-0.3, -0.25) is 4.90 Å². The summed E-state index contributed by atoms with van der Waals surface area (Å²) in [5.41, 5.74) is 1.07. The minimum absolute atomic E-state index is 0.864. The fourth-order valence-corrected chi connectivity index (χ4v) is 3.16. The van der Waals surface area contributed by atoms with Gasteiger partial charge >= 0.3 is 0 Å². The Kier molecular flexibility index (Phi) is 6.24. The molecule has 120 valence electrons. The summed E-state index contributed by atoms with van der Waals surface area (Å²) < 4.78 is 5.83. The van der Waals surface area contributed by atoms with Crippen LogP contribution in [0, 0.1) is 12.8 Å². The number of hydrogen-bond donors (Lipinski definition) is 0. The number of likely N-dealkylation sites (tertiary alicyclic amines) is 1. The number of nitrogens with zero attached hydrogens (tertiary/aromatic N) is 3. The van der Waals surface area contributed by atoms with Gasteiger partial charge in [-0.05, 0) is 51.9 Å². The topological polar surface area (TPSA) is 32.5 Å². The molecule has 0 bridgehead atoms. The Morgan fingerprint density at radius 3 is 2.38 bits per heavy atom. The number of piperidine rings is 1. The lowest BCUT2D eigenvalue weighted by Crippen LogP contribution is -2.38. The van der Waals surface area contributed by atoms with Gasteiger partial charge in [0.25, 0.3) is 0 Å². The van der Waals surface area contributed by atoms with Crippen LogP contribution >= 0.6 is 0 Å². The maximum Gasteiger partial charge on any atom is 0.194 e. The van der Waals surface area contributed by atoms with Gasteiger partial charge in [0.2, 0.25) is 0 Å². The van der Waals surface area contributed by atoms with Gasteiger partial charge in [0.1, 0.15) is 5.76 Å². The molecule has 0 aliphatic carbocycles. The van der Waals surface area contributed by atoms with Crippen LogP contribution in [0.1, 0.15) is 51.0 Å². The molecule has 1 aromatic heterocycles. The number of hydrogen-bond acceptors (Lipinski definition) is 4. The van der Waals surface area contributed by atoms with E-state index in [-0.39, 0.29) is 0 Å². The number of aromatic nitrogens is 1. The highest BCUT2D eigenvalue weighted by Crippen LogP contribution is 2.21. The summed E-state index contributed by atoms with van der Waals surface area (Å²) in [5.74, 6) is 2.80. The first-order valence-corrected chi connectivity index (χ1v) is 8.56. The summed E-state index contributed by atoms with van der Waals surface area (Å²) in [6.45, 7) is 15.6. The third-order valence-corrected chi connectivity index (χ3v) is 4.72. The molecule has 1 fully saturated rings. The summed E-state index contributed by atoms with van der Waals surface area (Å²) in [6, 6.07) is 0. The van der Waals surface area contributed by atoms with Crippen LogP contribution in [0.3, 0.4) is 0 Å². The number of oxazole rings is 1. The van der Waals surface area contributed by atoms with Gasteiger partial charge in [0, 0.05) is 13.0 Å². The van der Waals surface area contributed by atoms with E-state index >= 15 is 0 Å². The Labute approximate surface area is 129 Å². The highest BCUT2D eigenvalue weighted by atomic mass is 16.4. The fourth-order valence-electron chi connectivity index (χ4n) is 3.16. The Balaban J connectivity index is 1.79.